The highest BCUT2D eigenvalue weighted by Crippen LogP contribution is 2.26. The van der Waals surface area contributed by atoms with Gasteiger partial charge in [-0.2, -0.15) is 0 Å². The summed E-state index contributed by atoms with van der Waals surface area (Å²) in [5.41, 5.74) is 2.63. The minimum atomic E-state index is -0.0263. The molecule has 1 N–H and O–H groups in total. The fraction of sp³-hybridized carbons (Fsp3) is 0.190. The number of aromatic nitrogens is 3. The van der Waals surface area contributed by atoms with Crippen LogP contribution in [0.25, 0.3) is 21.6 Å². The average molecular weight is 374 g/mol. The smallest absolute Gasteiger partial charge is 0.255 e. The lowest BCUT2D eigenvalue weighted by Crippen LogP contribution is -2.35. The van der Waals surface area contributed by atoms with Crippen LogP contribution in [0.2, 0.25) is 0 Å². The van der Waals surface area contributed by atoms with Crippen LogP contribution in [-0.2, 0) is 19.5 Å². The van der Waals surface area contributed by atoms with Crippen molar-refractivity contribution in [2.24, 2.45) is 0 Å². The van der Waals surface area contributed by atoms with Gasteiger partial charge in [-0.15, -0.1) is 11.3 Å². The zero-order chi connectivity index (χ0) is 18.2. The molecule has 0 fully saturated rings. The molecule has 134 valence electrons. The fourth-order valence-electron chi connectivity index (χ4n) is 3.57. The molecule has 0 atom stereocenters. The highest BCUT2D eigenvalue weighted by molar-refractivity contribution is 7.18. The number of thiophene rings is 1. The van der Waals surface area contributed by atoms with Gasteiger partial charge in [-0.25, -0.2) is 9.97 Å². The van der Waals surface area contributed by atoms with E-state index < -0.39 is 0 Å². The van der Waals surface area contributed by atoms with Gasteiger partial charge < -0.3 is 4.98 Å². The highest BCUT2D eigenvalue weighted by atomic mass is 32.1. The van der Waals surface area contributed by atoms with E-state index >= 15 is 0 Å². The minimum Gasteiger partial charge on any atom is -0.306 e. The SMILES string of the molecule is O=c1[nH]c(-c2ccccc2)nc2c1CN(Cc1cc3cccnc3s1)CC2. The standard InChI is InChI=1S/C21H18N4OS/c26-20-17-13-25(12-16-11-15-7-4-9-22-21(15)27-16)10-8-18(17)23-19(24-20)14-5-2-1-3-6-14/h1-7,9,11H,8,10,12-13H2,(H,23,24,26). The number of aromatic amines is 1. The fourth-order valence-corrected chi connectivity index (χ4v) is 4.61. The van der Waals surface area contributed by atoms with Crippen LogP contribution in [0.5, 0.6) is 0 Å². The van der Waals surface area contributed by atoms with Gasteiger partial charge in [-0.05, 0) is 12.1 Å². The summed E-state index contributed by atoms with van der Waals surface area (Å²) in [5.74, 6) is 0.656. The molecular formula is C21H18N4OS. The van der Waals surface area contributed by atoms with Crippen LogP contribution in [0.15, 0.2) is 59.5 Å². The molecule has 5 rings (SSSR count). The predicted octanol–water partition coefficient (Wildman–Crippen LogP) is 3.60. The monoisotopic (exact) mass is 374 g/mol. The lowest BCUT2D eigenvalue weighted by Gasteiger charge is -2.27. The van der Waals surface area contributed by atoms with Gasteiger partial charge in [-0.1, -0.05) is 36.4 Å². The molecule has 0 saturated carbocycles. The van der Waals surface area contributed by atoms with Crippen molar-refractivity contribution in [2.75, 3.05) is 6.54 Å². The van der Waals surface area contributed by atoms with Gasteiger partial charge in [0.1, 0.15) is 10.7 Å². The van der Waals surface area contributed by atoms with Crippen molar-refractivity contribution in [2.45, 2.75) is 19.5 Å². The molecule has 0 radical (unpaired) electrons. The molecular weight excluding hydrogens is 356 g/mol. The lowest BCUT2D eigenvalue weighted by atomic mass is 10.1. The number of hydrogen-bond donors (Lipinski definition) is 1. The first-order valence-electron chi connectivity index (χ1n) is 8.99. The molecule has 0 amide bonds. The third kappa shape index (κ3) is 3.18. The molecule has 0 bridgehead atoms. The highest BCUT2D eigenvalue weighted by Gasteiger charge is 2.22. The Hall–Kier alpha value is -2.83. The maximum absolute atomic E-state index is 12.7. The van der Waals surface area contributed by atoms with E-state index in [2.05, 4.69) is 27.0 Å². The quantitative estimate of drug-likeness (QED) is 0.595. The molecule has 0 unspecified atom stereocenters. The molecule has 4 heterocycles. The van der Waals surface area contributed by atoms with E-state index in [1.165, 1.54) is 10.3 Å². The second kappa shape index (κ2) is 6.72. The Balaban J connectivity index is 1.40. The van der Waals surface area contributed by atoms with Crippen LogP contribution in [-0.4, -0.2) is 26.4 Å². The van der Waals surface area contributed by atoms with E-state index in [1.54, 1.807) is 11.3 Å². The summed E-state index contributed by atoms with van der Waals surface area (Å²) < 4.78 is 0. The van der Waals surface area contributed by atoms with Crippen molar-refractivity contribution in [3.8, 4) is 11.4 Å². The van der Waals surface area contributed by atoms with Gasteiger partial charge in [0.05, 0.1) is 11.3 Å². The summed E-state index contributed by atoms with van der Waals surface area (Å²) in [7, 11) is 0. The van der Waals surface area contributed by atoms with Gasteiger partial charge in [-0.3, -0.25) is 9.69 Å². The number of hydrogen-bond acceptors (Lipinski definition) is 5. The van der Waals surface area contributed by atoms with Crippen LogP contribution in [0.1, 0.15) is 16.1 Å². The number of benzene rings is 1. The number of fused-ring (bicyclic) bond motifs is 2. The molecule has 0 spiro atoms. The van der Waals surface area contributed by atoms with E-state index in [0.717, 1.165) is 41.2 Å². The zero-order valence-electron chi connectivity index (χ0n) is 14.7. The number of nitrogens with one attached hydrogen (secondary N) is 1. The summed E-state index contributed by atoms with van der Waals surface area (Å²) >= 11 is 1.72. The Morgan fingerprint density at radius 1 is 1.15 bits per heavy atom. The first-order valence-corrected chi connectivity index (χ1v) is 9.81. The minimum absolute atomic E-state index is 0.0263. The average Bonchev–Trinajstić information content (AvgIpc) is 3.11. The molecule has 0 aliphatic carbocycles. The van der Waals surface area contributed by atoms with Crippen LogP contribution >= 0.6 is 11.3 Å². The second-order valence-corrected chi connectivity index (χ2v) is 7.89. The number of pyridine rings is 1. The van der Waals surface area contributed by atoms with Gasteiger partial charge in [0.15, 0.2) is 0 Å². The predicted molar refractivity (Wildman–Crippen MR) is 108 cm³/mol. The largest absolute Gasteiger partial charge is 0.306 e. The summed E-state index contributed by atoms with van der Waals surface area (Å²) in [5, 5.41) is 1.18. The van der Waals surface area contributed by atoms with E-state index in [9.17, 15) is 4.79 Å². The van der Waals surface area contributed by atoms with Crippen molar-refractivity contribution in [1.82, 2.24) is 19.9 Å². The van der Waals surface area contributed by atoms with Crippen LogP contribution < -0.4 is 5.56 Å². The van der Waals surface area contributed by atoms with E-state index in [-0.39, 0.29) is 5.56 Å². The normalized spacial score (nSPS) is 14.4. The topological polar surface area (TPSA) is 61.9 Å². The summed E-state index contributed by atoms with van der Waals surface area (Å²) in [4.78, 5) is 29.4. The Morgan fingerprint density at radius 2 is 2.04 bits per heavy atom. The molecule has 1 aliphatic rings. The van der Waals surface area contributed by atoms with Gasteiger partial charge in [0, 0.05) is 48.1 Å². The molecule has 5 nitrogen and oxygen atoms in total. The Morgan fingerprint density at radius 3 is 2.89 bits per heavy atom. The van der Waals surface area contributed by atoms with Crippen LogP contribution in [0, 0.1) is 0 Å². The molecule has 1 aromatic carbocycles. The summed E-state index contributed by atoms with van der Waals surface area (Å²) in [6.07, 6.45) is 2.62. The van der Waals surface area contributed by atoms with E-state index in [4.69, 9.17) is 4.98 Å². The van der Waals surface area contributed by atoms with Crippen molar-refractivity contribution in [3.63, 3.8) is 0 Å². The second-order valence-electron chi connectivity index (χ2n) is 6.78. The first-order chi connectivity index (χ1) is 13.3. The Bertz CT molecular complexity index is 1130. The number of rotatable bonds is 3. The maximum Gasteiger partial charge on any atom is 0.255 e. The van der Waals surface area contributed by atoms with Crippen LogP contribution in [0.4, 0.5) is 0 Å². The Kier molecular flexibility index (Phi) is 4.07. The number of H-pyrrole nitrogens is 1. The maximum atomic E-state index is 12.7. The van der Waals surface area contributed by atoms with Crippen molar-refractivity contribution in [3.05, 3.63) is 81.2 Å². The molecule has 27 heavy (non-hydrogen) atoms. The van der Waals surface area contributed by atoms with Crippen molar-refractivity contribution in [1.29, 1.82) is 0 Å². The molecule has 3 aromatic heterocycles. The third-order valence-corrected chi connectivity index (χ3v) is 5.96. The summed E-state index contributed by atoms with van der Waals surface area (Å²) in [6.45, 7) is 2.37. The van der Waals surface area contributed by atoms with Gasteiger partial charge in [0.25, 0.3) is 5.56 Å². The summed E-state index contributed by atoms with van der Waals surface area (Å²) in [6, 6.07) is 16.1. The molecule has 1 aliphatic heterocycles. The molecule has 0 saturated heterocycles. The first kappa shape index (κ1) is 16.4. The van der Waals surface area contributed by atoms with E-state index in [0.29, 0.717) is 12.4 Å². The number of nitrogens with zero attached hydrogens (tertiary/aromatic N) is 3. The molecule has 4 aromatic rings. The van der Waals surface area contributed by atoms with Gasteiger partial charge in [0.2, 0.25) is 0 Å². The third-order valence-electron chi connectivity index (χ3n) is 4.92. The van der Waals surface area contributed by atoms with Crippen molar-refractivity contribution >= 4 is 21.6 Å². The van der Waals surface area contributed by atoms with Crippen molar-refractivity contribution < 1.29 is 0 Å². The van der Waals surface area contributed by atoms with E-state index in [1.807, 2.05) is 42.6 Å². The molecule has 6 heteroatoms. The lowest BCUT2D eigenvalue weighted by molar-refractivity contribution is 0.244. The zero-order valence-corrected chi connectivity index (χ0v) is 15.5. The Labute approximate surface area is 160 Å². The van der Waals surface area contributed by atoms with Gasteiger partial charge >= 0.3 is 0 Å². The van der Waals surface area contributed by atoms with Crippen LogP contribution in [0.3, 0.4) is 0 Å².